The minimum atomic E-state index is -0.141. The Labute approximate surface area is 288 Å². The molecule has 0 radical (unpaired) electrons. The summed E-state index contributed by atoms with van der Waals surface area (Å²) < 4.78 is 2.35. The Bertz CT molecular complexity index is 1990. The third-order valence-corrected chi connectivity index (χ3v) is 10.4. The average Bonchev–Trinajstić information content (AvgIpc) is 3.37. The molecule has 0 spiro atoms. The minimum absolute atomic E-state index is 0.0644. The van der Waals surface area contributed by atoms with E-state index in [9.17, 15) is 4.79 Å². The molecule has 2 heterocycles. The number of anilines is 1. The highest BCUT2D eigenvalue weighted by Gasteiger charge is 2.44. The molecule has 0 saturated heterocycles. The van der Waals surface area contributed by atoms with Crippen molar-refractivity contribution in [1.82, 2.24) is 0 Å². The van der Waals surface area contributed by atoms with Gasteiger partial charge in [0, 0.05) is 53.9 Å². The number of allylic oxidation sites excluding steroid dienone is 6. The molecule has 2 aliphatic rings. The van der Waals surface area contributed by atoms with Crippen LogP contribution in [0.25, 0.3) is 21.5 Å². The van der Waals surface area contributed by atoms with Crippen LogP contribution in [0.2, 0.25) is 0 Å². The number of carbonyl (C=O) groups is 1. The topological polar surface area (TPSA) is 23.3 Å². The molecule has 0 N–H and O–H groups in total. The van der Waals surface area contributed by atoms with E-state index in [2.05, 4.69) is 168 Å². The highest BCUT2D eigenvalue weighted by atomic mass is 16.1. The van der Waals surface area contributed by atoms with Gasteiger partial charge in [-0.2, -0.15) is 4.58 Å². The molecule has 48 heavy (non-hydrogen) atoms. The second kappa shape index (κ2) is 13.0. The zero-order valence-electron chi connectivity index (χ0n) is 30.4. The van der Waals surface area contributed by atoms with Gasteiger partial charge in [-0.15, -0.1) is 0 Å². The lowest BCUT2D eigenvalue weighted by molar-refractivity contribution is -0.401. The van der Waals surface area contributed by atoms with Crippen LogP contribution >= 0.6 is 0 Å². The van der Waals surface area contributed by atoms with Crippen LogP contribution in [0.1, 0.15) is 91.7 Å². The van der Waals surface area contributed by atoms with Gasteiger partial charge in [-0.05, 0) is 77.4 Å². The molecule has 4 aromatic carbocycles. The van der Waals surface area contributed by atoms with Crippen LogP contribution in [0, 0.1) is 5.41 Å². The van der Waals surface area contributed by atoms with Crippen molar-refractivity contribution in [1.29, 1.82) is 0 Å². The second-order valence-electron chi connectivity index (χ2n) is 16.1. The van der Waals surface area contributed by atoms with Crippen LogP contribution in [0.5, 0.6) is 0 Å². The van der Waals surface area contributed by atoms with E-state index in [1.165, 1.54) is 55.5 Å². The number of fused-ring (bicyclic) bond motifs is 6. The van der Waals surface area contributed by atoms with Gasteiger partial charge in [-0.1, -0.05) is 114 Å². The Morgan fingerprint density at radius 2 is 1.40 bits per heavy atom. The van der Waals surface area contributed by atoms with Crippen LogP contribution in [0.4, 0.5) is 11.4 Å². The summed E-state index contributed by atoms with van der Waals surface area (Å²) in [4.78, 5) is 15.0. The van der Waals surface area contributed by atoms with E-state index in [4.69, 9.17) is 0 Å². The standard InChI is InChI=1S/C45H53N2O/c1-43(2,3)31-34(48)21-11-10-18-30-47-38-29-27-33-20-15-17-23-36(33)42(38)45(6,7)40(47)25-13-9-12-24-39-44(4,5)41-35-22-16-14-19-32(35)26-28-37(41)46(39)8/h9,12-17,19-20,22-29H,10-11,18,21,30-31H2,1-8H3/q+1. The summed E-state index contributed by atoms with van der Waals surface area (Å²) in [5, 5.41) is 5.25. The number of hydrogen-bond donors (Lipinski definition) is 0. The first-order chi connectivity index (χ1) is 22.8. The van der Waals surface area contributed by atoms with Gasteiger partial charge in [0.15, 0.2) is 5.71 Å². The normalized spacial score (nSPS) is 17.8. The smallest absolute Gasteiger partial charge is 0.210 e. The van der Waals surface area contributed by atoms with Crippen molar-refractivity contribution >= 4 is 44.4 Å². The van der Waals surface area contributed by atoms with Crippen LogP contribution in [0.3, 0.4) is 0 Å². The lowest BCUT2D eigenvalue weighted by Gasteiger charge is -2.27. The molecule has 0 bridgehead atoms. The van der Waals surface area contributed by atoms with E-state index in [1.807, 2.05) is 0 Å². The van der Waals surface area contributed by atoms with E-state index < -0.39 is 0 Å². The molecule has 0 fully saturated rings. The third-order valence-electron chi connectivity index (χ3n) is 10.4. The maximum absolute atomic E-state index is 12.5. The molecular formula is C45H53N2O+. The summed E-state index contributed by atoms with van der Waals surface area (Å²) >= 11 is 0. The fourth-order valence-electron chi connectivity index (χ4n) is 8.28. The fraction of sp³-hybridized carbons (Fsp3) is 0.378. The highest BCUT2D eigenvalue weighted by molar-refractivity contribution is 6.07. The molecule has 0 atom stereocenters. The van der Waals surface area contributed by atoms with E-state index in [1.54, 1.807) is 0 Å². The quantitative estimate of drug-likeness (QED) is 0.0981. The predicted molar refractivity (Wildman–Crippen MR) is 206 cm³/mol. The molecule has 2 aliphatic heterocycles. The number of ketones is 1. The molecule has 4 aromatic rings. The minimum Gasteiger partial charge on any atom is -0.344 e. The fourth-order valence-corrected chi connectivity index (χ4v) is 8.28. The SMILES string of the molecule is C[N+]1=C(C=CC=CC=C2N(CCCCCC(=O)CC(C)(C)C)c3ccc4ccccc4c3C2(C)C)C(C)(C)c2c1ccc1ccccc21. The third kappa shape index (κ3) is 6.32. The van der Waals surface area contributed by atoms with E-state index in [0.29, 0.717) is 18.6 Å². The van der Waals surface area contributed by atoms with Gasteiger partial charge in [0.25, 0.3) is 0 Å². The van der Waals surface area contributed by atoms with Crippen LogP contribution < -0.4 is 4.90 Å². The van der Waals surface area contributed by atoms with E-state index in [0.717, 1.165) is 25.8 Å². The van der Waals surface area contributed by atoms with Crippen molar-refractivity contribution in [2.45, 2.75) is 91.4 Å². The van der Waals surface area contributed by atoms with Crippen LogP contribution in [-0.2, 0) is 15.6 Å². The maximum Gasteiger partial charge on any atom is 0.210 e. The lowest BCUT2D eigenvalue weighted by atomic mass is 9.79. The van der Waals surface area contributed by atoms with Gasteiger partial charge in [0.05, 0.1) is 5.41 Å². The van der Waals surface area contributed by atoms with Crippen molar-refractivity contribution in [3.63, 3.8) is 0 Å². The number of unbranched alkanes of at least 4 members (excludes halogenated alkanes) is 2. The number of hydrogen-bond acceptors (Lipinski definition) is 2. The Balaban J connectivity index is 1.23. The molecule has 0 aromatic heterocycles. The Morgan fingerprint density at radius 3 is 2.08 bits per heavy atom. The Hall–Kier alpha value is -4.24. The van der Waals surface area contributed by atoms with Gasteiger partial charge in [-0.3, -0.25) is 4.79 Å². The van der Waals surface area contributed by atoms with Crippen molar-refractivity contribution in [2.24, 2.45) is 5.41 Å². The number of benzene rings is 4. The van der Waals surface area contributed by atoms with Crippen molar-refractivity contribution in [2.75, 3.05) is 18.5 Å². The predicted octanol–water partition coefficient (Wildman–Crippen LogP) is 11.4. The summed E-state index contributed by atoms with van der Waals surface area (Å²) in [7, 11) is 2.19. The van der Waals surface area contributed by atoms with E-state index >= 15 is 0 Å². The van der Waals surface area contributed by atoms with Gasteiger partial charge in [-0.25, -0.2) is 0 Å². The number of nitrogens with zero attached hydrogens (tertiary/aromatic N) is 2. The van der Waals surface area contributed by atoms with Crippen molar-refractivity contribution < 1.29 is 9.37 Å². The maximum atomic E-state index is 12.5. The Morgan fingerprint density at radius 1 is 0.750 bits per heavy atom. The molecule has 6 rings (SSSR count). The van der Waals surface area contributed by atoms with Gasteiger partial charge in [0.2, 0.25) is 5.69 Å². The number of Topliss-reactive ketones (excluding diaryl/α,β-unsaturated/α-hetero) is 1. The zero-order valence-corrected chi connectivity index (χ0v) is 30.4. The van der Waals surface area contributed by atoms with Gasteiger partial charge >= 0.3 is 0 Å². The summed E-state index contributed by atoms with van der Waals surface area (Å²) in [6.45, 7) is 16.8. The zero-order chi connectivity index (χ0) is 34.3. The molecular weight excluding hydrogens is 585 g/mol. The Kier molecular flexibility index (Phi) is 9.11. The van der Waals surface area contributed by atoms with Crippen LogP contribution in [-0.4, -0.2) is 29.7 Å². The van der Waals surface area contributed by atoms with Crippen molar-refractivity contribution in [3.05, 3.63) is 120 Å². The monoisotopic (exact) mass is 637 g/mol. The summed E-state index contributed by atoms with van der Waals surface area (Å²) in [6, 6.07) is 26.6. The second-order valence-corrected chi connectivity index (χ2v) is 16.1. The molecule has 3 nitrogen and oxygen atoms in total. The van der Waals surface area contributed by atoms with Gasteiger partial charge in [0.1, 0.15) is 12.8 Å². The number of rotatable bonds is 10. The molecule has 0 unspecified atom stereocenters. The van der Waals surface area contributed by atoms with Crippen molar-refractivity contribution in [3.8, 4) is 0 Å². The molecule has 248 valence electrons. The lowest BCUT2D eigenvalue weighted by Crippen LogP contribution is -2.27. The largest absolute Gasteiger partial charge is 0.344 e. The van der Waals surface area contributed by atoms with Crippen LogP contribution in [0.15, 0.2) is 109 Å². The molecule has 0 aliphatic carbocycles. The first-order valence-electron chi connectivity index (χ1n) is 17.8. The summed E-state index contributed by atoms with van der Waals surface area (Å²) in [6.07, 6.45) is 15.6. The molecule has 3 heteroatoms. The molecule has 0 amide bonds. The summed E-state index contributed by atoms with van der Waals surface area (Å²) in [5.74, 6) is 0.392. The molecule has 0 saturated carbocycles. The highest BCUT2D eigenvalue weighted by Crippen LogP contribution is 2.51. The number of carbonyl (C=O) groups excluding carboxylic acids is 1. The van der Waals surface area contributed by atoms with E-state index in [-0.39, 0.29) is 16.2 Å². The first-order valence-corrected chi connectivity index (χ1v) is 17.8. The van der Waals surface area contributed by atoms with Gasteiger partial charge < -0.3 is 4.90 Å². The first kappa shape index (κ1) is 33.7. The average molecular weight is 638 g/mol. The summed E-state index contributed by atoms with van der Waals surface area (Å²) in [5.41, 5.74) is 7.86.